The molecule has 1 aliphatic carbocycles. The van der Waals surface area contributed by atoms with Gasteiger partial charge in [-0.3, -0.25) is 0 Å². The molecule has 2 aromatic rings. The minimum absolute atomic E-state index is 0.370. The maximum absolute atomic E-state index is 7.12. The molecule has 0 bridgehead atoms. The minimum atomic E-state index is 0.370. The number of nitrogens with zero attached hydrogens (tertiary/aromatic N) is 2. The van der Waals surface area contributed by atoms with Crippen molar-refractivity contribution in [2.75, 3.05) is 0 Å². The molecule has 0 aliphatic heterocycles. The van der Waals surface area contributed by atoms with E-state index < -0.39 is 0 Å². The van der Waals surface area contributed by atoms with Crippen LogP contribution in [0.1, 0.15) is 49.1 Å². The molecule has 3 rings (SSSR count). The first-order valence-corrected chi connectivity index (χ1v) is 8.26. The van der Waals surface area contributed by atoms with E-state index in [0.717, 1.165) is 0 Å². The van der Waals surface area contributed by atoms with Crippen LogP contribution >= 0.6 is 0 Å². The Balaban J connectivity index is 1.97. The van der Waals surface area contributed by atoms with Crippen molar-refractivity contribution in [1.82, 2.24) is 0 Å². The SMILES string of the molecule is [C-]#[N+]c1ccc(C(c2ccc([N+]#[C-])cc2)C2CCCCC2)cc1. The smallest absolute Gasteiger partial charge is 0.187 e. The highest BCUT2D eigenvalue weighted by molar-refractivity contribution is 5.50. The van der Waals surface area contributed by atoms with Gasteiger partial charge in [-0.25, -0.2) is 9.69 Å². The van der Waals surface area contributed by atoms with Crippen molar-refractivity contribution in [2.24, 2.45) is 5.92 Å². The summed E-state index contributed by atoms with van der Waals surface area (Å²) in [4.78, 5) is 6.99. The lowest BCUT2D eigenvalue weighted by molar-refractivity contribution is 0.327. The second kappa shape index (κ2) is 7.12. The van der Waals surface area contributed by atoms with E-state index in [2.05, 4.69) is 34.0 Å². The third-order valence-corrected chi connectivity index (χ3v) is 4.88. The molecule has 0 aromatic heterocycles. The molecule has 0 atom stereocenters. The van der Waals surface area contributed by atoms with Gasteiger partial charge in [-0.2, -0.15) is 0 Å². The molecule has 0 unspecified atom stereocenters. The Kier molecular flexibility index (Phi) is 4.74. The number of benzene rings is 2. The van der Waals surface area contributed by atoms with Crippen LogP contribution in [0.3, 0.4) is 0 Å². The Labute approximate surface area is 138 Å². The van der Waals surface area contributed by atoms with E-state index in [1.165, 1.54) is 43.2 Å². The number of hydrogen-bond acceptors (Lipinski definition) is 0. The Hall–Kier alpha value is -2.58. The molecule has 1 saturated carbocycles. The molecular formula is C21H20N2. The highest BCUT2D eigenvalue weighted by Crippen LogP contribution is 2.41. The summed E-state index contributed by atoms with van der Waals surface area (Å²) >= 11 is 0. The van der Waals surface area contributed by atoms with E-state index >= 15 is 0 Å². The van der Waals surface area contributed by atoms with Crippen LogP contribution in [0, 0.1) is 19.1 Å². The zero-order valence-corrected chi connectivity index (χ0v) is 13.2. The first kappa shape index (κ1) is 15.3. The third kappa shape index (κ3) is 3.43. The quantitative estimate of drug-likeness (QED) is 0.572. The first-order valence-electron chi connectivity index (χ1n) is 8.26. The van der Waals surface area contributed by atoms with Crippen LogP contribution in [0.4, 0.5) is 11.4 Å². The monoisotopic (exact) mass is 300 g/mol. The molecule has 1 aliphatic rings. The second-order valence-corrected chi connectivity index (χ2v) is 6.28. The average Bonchev–Trinajstić information content (AvgIpc) is 2.64. The summed E-state index contributed by atoms with van der Waals surface area (Å²) in [5.41, 5.74) is 3.97. The number of rotatable bonds is 3. The van der Waals surface area contributed by atoms with Gasteiger partial charge in [0, 0.05) is 5.92 Å². The van der Waals surface area contributed by atoms with E-state index in [1.807, 2.05) is 24.3 Å². The van der Waals surface area contributed by atoms with Crippen molar-refractivity contribution in [2.45, 2.75) is 38.0 Å². The number of hydrogen-bond donors (Lipinski definition) is 0. The van der Waals surface area contributed by atoms with Gasteiger partial charge in [-0.1, -0.05) is 67.8 Å². The van der Waals surface area contributed by atoms with Gasteiger partial charge < -0.3 is 0 Å². The normalized spacial score (nSPS) is 15.1. The second-order valence-electron chi connectivity index (χ2n) is 6.28. The highest BCUT2D eigenvalue weighted by Gasteiger charge is 2.26. The molecule has 0 heterocycles. The fourth-order valence-corrected chi connectivity index (χ4v) is 3.72. The minimum Gasteiger partial charge on any atom is -0.238 e. The molecule has 1 fully saturated rings. The van der Waals surface area contributed by atoms with Crippen LogP contribution in [0.5, 0.6) is 0 Å². The summed E-state index contributed by atoms with van der Waals surface area (Å²) in [6.45, 7) is 14.2. The van der Waals surface area contributed by atoms with Gasteiger partial charge in [-0.05, 0) is 29.9 Å². The van der Waals surface area contributed by atoms with Crippen LogP contribution in [-0.2, 0) is 0 Å². The maximum atomic E-state index is 7.12. The molecule has 23 heavy (non-hydrogen) atoms. The van der Waals surface area contributed by atoms with Crippen molar-refractivity contribution in [3.63, 3.8) is 0 Å². The Morgan fingerprint density at radius 2 is 1.13 bits per heavy atom. The standard InChI is InChI=1S/C21H20N2/c1-22-19-12-8-17(9-13-19)21(16-6-4-3-5-7-16)18-10-14-20(23-2)15-11-18/h8-16,21H,3-7H2. The lowest BCUT2D eigenvalue weighted by Gasteiger charge is -2.31. The third-order valence-electron chi connectivity index (χ3n) is 4.88. The van der Waals surface area contributed by atoms with Gasteiger partial charge in [0.15, 0.2) is 11.4 Å². The molecule has 0 saturated heterocycles. The summed E-state index contributed by atoms with van der Waals surface area (Å²) in [6, 6.07) is 16.1. The zero-order valence-electron chi connectivity index (χ0n) is 13.2. The van der Waals surface area contributed by atoms with Crippen molar-refractivity contribution < 1.29 is 0 Å². The molecule has 0 spiro atoms. The summed E-state index contributed by atoms with van der Waals surface area (Å²) in [7, 11) is 0. The average molecular weight is 300 g/mol. The summed E-state index contributed by atoms with van der Waals surface area (Å²) in [6.07, 6.45) is 6.49. The predicted molar refractivity (Wildman–Crippen MR) is 93.8 cm³/mol. The van der Waals surface area contributed by atoms with Gasteiger partial charge >= 0.3 is 0 Å². The molecule has 2 nitrogen and oxygen atoms in total. The van der Waals surface area contributed by atoms with E-state index in [9.17, 15) is 0 Å². The molecule has 2 heteroatoms. The molecule has 0 N–H and O–H groups in total. The Morgan fingerprint density at radius 1 is 0.696 bits per heavy atom. The van der Waals surface area contributed by atoms with Gasteiger partial charge in [0.2, 0.25) is 0 Å². The maximum Gasteiger partial charge on any atom is 0.187 e. The van der Waals surface area contributed by atoms with E-state index in [4.69, 9.17) is 13.1 Å². The lowest BCUT2D eigenvalue weighted by Crippen LogP contribution is -2.17. The molecule has 0 radical (unpaired) electrons. The van der Waals surface area contributed by atoms with Crippen molar-refractivity contribution in [3.05, 3.63) is 82.5 Å². The van der Waals surface area contributed by atoms with Gasteiger partial charge in [0.05, 0.1) is 13.1 Å². The summed E-state index contributed by atoms with van der Waals surface area (Å²) < 4.78 is 0. The Bertz CT molecular complexity index is 666. The fourth-order valence-electron chi connectivity index (χ4n) is 3.72. The Morgan fingerprint density at radius 3 is 1.52 bits per heavy atom. The molecule has 2 aromatic carbocycles. The van der Waals surface area contributed by atoms with Gasteiger partial charge in [0.25, 0.3) is 0 Å². The predicted octanol–water partition coefficient (Wildman–Crippen LogP) is 6.50. The van der Waals surface area contributed by atoms with E-state index in [1.54, 1.807) is 0 Å². The van der Waals surface area contributed by atoms with Crippen molar-refractivity contribution in [3.8, 4) is 0 Å². The first-order chi connectivity index (χ1) is 11.3. The molecule has 0 amide bonds. The van der Waals surface area contributed by atoms with Crippen LogP contribution in [0.2, 0.25) is 0 Å². The van der Waals surface area contributed by atoms with E-state index in [-0.39, 0.29) is 0 Å². The van der Waals surface area contributed by atoms with Crippen molar-refractivity contribution in [1.29, 1.82) is 0 Å². The fraction of sp³-hybridized carbons (Fsp3) is 0.333. The highest BCUT2D eigenvalue weighted by atomic mass is 14.6. The van der Waals surface area contributed by atoms with E-state index in [0.29, 0.717) is 23.2 Å². The van der Waals surface area contributed by atoms with Gasteiger partial charge in [-0.15, -0.1) is 0 Å². The van der Waals surface area contributed by atoms with Crippen LogP contribution < -0.4 is 0 Å². The van der Waals surface area contributed by atoms with Crippen LogP contribution in [-0.4, -0.2) is 0 Å². The molecular weight excluding hydrogens is 280 g/mol. The van der Waals surface area contributed by atoms with Crippen LogP contribution in [0.15, 0.2) is 48.5 Å². The van der Waals surface area contributed by atoms with Crippen molar-refractivity contribution >= 4 is 11.4 Å². The van der Waals surface area contributed by atoms with Gasteiger partial charge in [0.1, 0.15) is 0 Å². The largest absolute Gasteiger partial charge is 0.238 e. The molecule has 114 valence electrons. The zero-order chi connectivity index (χ0) is 16.1. The van der Waals surface area contributed by atoms with Crippen LogP contribution in [0.25, 0.3) is 9.69 Å². The topological polar surface area (TPSA) is 8.72 Å². The summed E-state index contributed by atoms with van der Waals surface area (Å²) in [5.74, 6) is 1.02. The lowest BCUT2D eigenvalue weighted by atomic mass is 9.73. The summed E-state index contributed by atoms with van der Waals surface area (Å²) in [5, 5.41) is 0.